The van der Waals surface area contributed by atoms with Gasteiger partial charge in [-0.2, -0.15) is 5.26 Å². The molecule has 1 aliphatic rings. The first-order chi connectivity index (χ1) is 8.76. The lowest BCUT2D eigenvalue weighted by Gasteiger charge is -2.24. The van der Waals surface area contributed by atoms with Crippen LogP contribution in [0.15, 0.2) is 24.3 Å². The normalized spacial score (nSPS) is 18.7. The Balaban J connectivity index is 2.17. The monoisotopic (exact) mass is 244 g/mol. The van der Waals surface area contributed by atoms with E-state index in [0.717, 1.165) is 19.4 Å². The van der Waals surface area contributed by atoms with Gasteiger partial charge in [0, 0.05) is 24.8 Å². The summed E-state index contributed by atoms with van der Waals surface area (Å²) in [5.74, 6) is -0.0388. The first-order valence-corrected chi connectivity index (χ1v) is 6.18. The molecule has 0 bridgehead atoms. The average Bonchev–Trinajstić information content (AvgIpc) is 2.86. The van der Waals surface area contributed by atoms with Gasteiger partial charge in [0.1, 0.15) is 0 Å². The maximum atomic E-state index is 12.3. The third-order valence-corrected chi connectivity index (χ3v) is 3.34. The fourth-order valence-corrected chi connectivity index (χ4v) is 2.44. The zero-order valence-electron chi connectivity index (χ0n) is 10.2. The summed E-state index contributed by atoms with van der Waals surface area (Å²) in [6, 6.07) is 8.94. The van der Waals surface area contributed by atoms with Crippen LogP contribution in [-0.4, -0.2) is 35.1 Å². The van der Waals surface area contributed by atoms with Crippen LogP contribution in [0.1, 0.15) is 35.2 Å². The summed E-state index contributed by atoms with van der Waals surface area (Å²) in [6.07, 6.45) is 2.56. The van der Waals surface area contributed by atoms with Gasteiger partial charge < -0.3 is 10.0 Å². The van der Waals surface area contributed by atoms with Gasteiger partial charge in [-0.1, -0.05) is 6.07 Å². The van der Waals surface area contributed by atoms with Crippen molar-refractivity contribution >= 4 is 5.91 Å². The van der Waals surface area contributed by atoms with Crippen molar-refractivity contribution in [1.29, 1.82) is 5.26 Å². The molecule has 0 spiro atoms. The number of aliphatic hydroxyl groups excluding tert-OH is 1. The van der Waals surface area contributed by atoms with E-state index in [1.54, 1.807) is 24.3 Å². The van der Waals surface area contributed by atoms with Gasteiger partial charge in [0.25, 0.3) is 5.91 Å². The van der Waals surface area contributed by atoms with Gasteiger partial charge in [0.15, 0.2) is 0 Å². The van der Waals surface area contributed by atoms with Crippen LogP contribution in [0.25, 0.3) is 0 Å². The molecule has 1 amide bonds. The summed E-state index contributed by atoms with van der Waals surface area (Å²) >= 11 is 0. The Morgan fingerprint density at radius 3 is 3.11 bits per heavy atom. The maximum absolute atomic E-state index is 12.3. The summed E-state index contributed by atoms with van der Waals surface area (Å²) in [5.41, 5.74) is 1.05. The molecule has 4 heteroatoms. The number of hydrogen-bond acceptors (Lipinski definition) is 3. The van der Waals surface area contributed by atoms with Gasteiger partial charge >= 0.3 is 0 Å². The second-order valence-electron chi connectivity index (χ2n) is 4.50. The van der Waals surface area contributed by atoms with Crippen LogP contribution in [0.2, 0.25) is 0 Å². The number of carbonyl (C=O) groups excluding carboxylic acids is 1. The third-order valence-electron chi connectivity index (χ3n) is 3.34. The van der Waals surface area contributed by atoms with E-state index in [0.29, 0.717) is 17.5 Å². The Bertz CT molecular complexity index is 479. The summed E-state index contributed by atoms with van der Waals surface area (Å²) in [7, 11) is 0. The maximum Gasteiger partial charge on any atom is 0.254 e. The van der Waals surface area contributed by atoms with Gasteiger partial charge in [-0.05, 0) is 37.5 Å². The second kappa shape index (κ2) is 5.65. The predicted molar refractivity (Wildman–Crippen MR) is 66.9 cm³/mol. The van der Waals surface area contributed by atoms with Gasteiger partial charge in [-0.3, -0.25) is 4.79 Å². The molecule has 18 heavy (non-hydrogen) atoms. The van der Waals surface area contributed by atoms with E-state index in [9.17, 15) is 4.79 Å². The first kappa shape index (κ1) is 12.6. The fraction of sp³-hybridized carbons (Fsp3) is 0.429. The number of rotatable bonds is 3. The van der Waals surface area contributed by atoms with Crippen molar-refractivity contribution in [2.45, 2.75) is 25.3 Å². The Kier molecular flexibility index (Phi) is 3.96. The van der Waals surface area contributed by atoms with Gasteiger partial charge in [0.05, 0.1) is 11.6 Å². The molecule has 1 aromatic carbocycles. The molecule has 4 nitrogen and oxygen atoms in total. The number of amides is 1. The summed E-state index contributed by atoms with van der Waals surface area (Å²) < 4.78 is 0. The van der Waals surface area contributed by atoms with Gasteiger partial charge in [0.2, 0.25) is 0 Å². The SMILES string of the molecule is N#Cc1cccc(C(=O)N2CCCC2CCO)c1. The molecule has 2 rings (SSSR count). The topological polar surface area (TPSA) is 64.3 Å². The molecular formula is C14H16N2O2. The molecule has 1 fully saturated rings. The van der Waals surface area contributed by atoms with Crippen LogP contribution < -0.4 is 0 Å². The molecule has 1 heterocycles. The molecule has 0 saturated carbocycles. The highest BCUT2D eigenvalue weighted by Gasteiger charge is 2.28. The highest BCUT2D eigenvalue weighted by Crippen LogP contribution is 2.22. The summed E-state index contributed by atoms with van der Waals surface area (Å²) in [4.78, 5) is 14.1. The number of nitrogens with zero attached hydrogens (tertiary/aromatic N) is 2. The predicted octanol–water partition coefficient (Wildman–Crippen LogP) is 1.55. The molecule has 0 radical (unpaired) electrons. The van der Waals surface area contributed by atoms with Crippen molar-refractivity contribution in [3.63, 3.8) is 0 Å². The summed E-state index contributed by atoms with van der Waals surface area (Å²) in [6.45, 7) is 0.840. The minimum absolute atomic E-state index is 0.0388. The molecule has 1 N–H and O–H groups in total. The van der Waals surface area contributed by atoms with E-state index in [4.69, 9.17) is 10.4 Å². The van der Waals surface area contributed by atoms with Crippen LogP contribution in [0, 0.1) is 11.3 Å². The number of likely N-dealkylation sites (tertiary alicyclic amines) is 1. The zero-order valence-corrected chi connectivity index (χ0v) is 10.2. The van der Waals surface area contributed by atoms with E-state index >= 15 is 0 Å². The minimum Gasteiger partial charge on any atom is -0.396 e. The Labute approximate surface area is 106 Å². The van der Waals surface area contributed by atoms with Crippen molar-refractivity contribution in [3.8, 4) is 6.07 Å². The lowest BCUT2D eigenvalue weighted by atomic mass is 10.1. The minimum atomic E-state index is -0.0388. The van der Waals surface area contributed by atoms with Gasteiger partial charge in [-0.25, -0.2) is 0 Å². The number of benzene rings is 1. The van der Waals surface area contributed by atoms with Crippen molar-refractivity contribution in [3.05, 3.63) is 35.4 Å². The lowest BCUT2D eigenvalue weighted by Crippen LogP contribution is -2.36. The van der Waals surface area contributed by atoms with Gasteiger partial charge in [-0.15, -0.1) is 0 Å². The van der Waals surface area contributed by atoms with E-state index in [1.807, 2.05) is 11.0 Å². The van der Waals surface area contributed by atoms with Crippen molar-refractivity contribution < 1.29 is 9.90 Å². The number of aliphatic hydroxyl groups is 1. The highest BCUT2D eigenvalue weighted by atomic mass is 16.3. The lowest BCUT2D eigenvalue weighted by molar-refractivity contribution is 0.0716. The van der Waals surface area contributed by atoms with Crippen LogP contribution >= 0.6 is 0 Å². The smallest absolute Gasteiger partial charge is 0.254 e. The van der Waals surface area contributed by atoms with Crippen molar-refractivity contribution in [2.24, 2.45) is 0 Å². The van der Waals surface area contributed by atoms with Crippen LogP contribution in [0.4, 0.5) is 0 Å². The molecule has 94 valence electrons. The fourth-order valence-electron chi connectivity index (χ4n) is 2.44. The third kappa shape index (κ3) is 2.52. The van der Waals surface area contributed by atoms with Crippen LogP contribution in [0.5, 0.6) is 0 Å². The van der Waals surface area contributed by atoms with E-state index in [-0.39, 0.29) is 18.6 Å². The molecule has 1 aliphatic heterocycles. The molecule has 1 aromatic rings. The second-order valence-corrected chi connectivity index (χ2v) is 4.50. The molecule has 1 unspecified atom stereocenters. The molecular weight excluding hydrogens is 228 g/mol. The Hall–Kier alpha value is -1.86. The van der Waals surface area contributed by atoms with Crippen molar-refractivity contribution in [2.75, 3.05) is 13.2 Å². The number of nitriles is 1. The quantitative estimate of drug-likeness (QED) is 0.877. The molecule has 1 saturated heterocycles. The molecule has 0 aliphatic carbocycles. The number of hydrogen-bond donors (Lipinski definition) is 1. The number of carbonyl (C=O) groups is 1. The molecule has 1 atom stereocenters. The van der Waals surface area contributed by atoms with E-state index in [1.165, 1.54) is 0 Å². The van der Waals surface area contributed by atoms with Crippen molar-refractivity contribution in [1.82, 2.24) is 4.90 Å². The largest absolute Gasteiger partial charge is 0.396 e. The Morgan fingerprint density at radius 1 is 1.56 bits per heavy atom. The van der Waals surface area contributed by atoms with E-state index < -0.39 is 0 Å². The average molecular weight is 244 g/mol. The molecule has 0 aromatic heterocycles. The van der Waals surface area contributed by atoms with Crippen LogP contribution in [-0.2, 0) is 0 Å². The summed E-state index contributed by atoms with van der Waals surface area (Å²) in [5, 5.41) is 17.8. The van der Waals surface area contributed by atoms with E-state index in [2.05, 4.69) is 0 Å². The highest BCUT2D eigenvalue weighted by molar-refractivity contribution is 5.95. The van der Waals surface area contributed by atoms with Crippen LogP contribution in [0.3, 0.4) is 0 Å². The first-order valence-electron chi connectivity index (χ1n) is 6.18. The Morgan fingerprint density at radius 2 is 2.39 bits per heavy atom. The standard InChI is InChI=1S/C14H16N2O2/c15-10-11-3-1-4-12(9-11)14(18)16-7-2-5-13(16)6-8-17/h1,3-4,9,13,17H,2,5-8H2. The zero-order chi connectivity index (χ0) is 13.0.